The maximum absolute atomic E-state index is 13.8. The molecule has 1 saturated heterocycles. The smallest absolute Gasteiger partial charge is 0.243 e. The lowest BCUT2D eigenvalue weighted by atomic mass is 10.1. The van der Waals surface area contributed by atoms with E-state index in [4.69, 9.17) is 9.47 Å². The summed E-state index contributed by atoms with van der Waals surface area (Å²) in [4.78, 5) is -0.0170. The second-order valence-electron chi connectivity index (χ2n) is 5.83. The largest absolute Gasteiger partial charge is 0.494 e. The molecule has 2 fully saturated rings. The van der Waals surface area contributed by atoms with Gasteiger partial charge in [0.1, 0.15) is 0 Å². The molecule has 0 N–H and O–H groups in total. The molecule has 1 atom stereocenters. The molecule has 3 rings (SSSR count). The molecular formula is C15H20FNO4S. The van der Waals surface area contributed by atoms with Crippen LogP contribution in [0.1, 0.15) is 19.3 Å². The van der Waals surface area contributed by atoms with Crippen molar-refractivity contribution in [3.05, 3.63) is 24.0 Å². The standard InChI is InChI=1S/C15H20FNO4S/c1-20-15-5-4-13(8-14(15)16)22(18,19)17(12-2-3-12)9-11-6-7-21-10-11/h4-5,8,11-12H,2-3,6-7,9-10H2,1H3. The van der Waals surface area contributed by atoms with Crippen LogP contribution in [0.25, 0.3) is 0 Å². The van der Waals surface area contributed by atoms with Crippen molar-refractivity contribution in [2.24, 2.45) is 5.92 Å². The van der Waals surface area contributed by atoms with Gasteiger partial charge in [-0.1, -0.05) is 0 Å². The van der Waals surface area contributed by atoms with Gasteiger partial charge in [-0.25, -0.2) is 12.8 Å². The van der Waals surface area contributed by atoms with E-state index in [0.29, 0.717) is 19.8 Å². The Hall–Kier alpha value is -1.18. The summed E-state index contributed by atoms with van der Waals surface area (Å²) in [5.41, 5.74) is 0. The maximum atomic E-state index is 13.8. The third kappa shape index (κ3) is 3.11. The zero-order valence-corrected chi connectivity index (χ0v) is 13.3. The van der Waals surface area contributed by atoms with Gasteiger partial charge in [-0.15, -0.1) is 0 Å². The van der Waals surface area contributed by atoms with E-state index in [1.807, 2.05) is 0 Å². The Bertz CT molecular complexity index is 639. The van der Waals surface area contributed by atoms with Crippen LogP contribution in [0.3, 0.4) is 0 Å². The summed E-state index contributed by atoms with van der Waals surface area (Å²) in [6.45, 7) is 1.72. The van der Waals surface area contributed by atoms with Gasteiger partial charge in [0.2, 0.25) is 10.0 Å². The summed E-state index contributed by atoms with van der Waals surface area (Å²) >= 11 is 0. The van der Waals surface area contributed by atoms with Crippen LogP contribution in [0.2, 0.25) is 0 Å². The molecule has 0 radical (unpaired) electrons. The van der Waals surface area contributed by atoms with Gasteiger partial charge in [-0.2, -0.15) is 4.31 Å². The average molecular weight is 329 g/mol. The van der Waals surface area contributed by atoms with E-state index in [1.165, 1.54) is 23.5 Å². The topological polar surface area (TPSA) is 55.8 Å². The number of ether oxygens (including phenoxy) is 2. The number of benzene rings is 1. The van der Waals surface area contributed by atoms with Gasteiger partial charge in [0.15, 0.2) is 11.6 Å². The Balaban J connectivity index is 1.86. The lowest BCUT2D eigenvalue weighted by molar-refractivity contribution is 0.180. The van der Waals surface area contributed by atoms with E-state index in [1.54, 1.807) is 0 Å². The Morgan fingerprint density at radius 2 is 2.14 bits per heavy atom. The third-order valence-electron chi connectivity index (χ3n) is 4.15. The number of hydrogen-bond acceptors (Lipinski definition) is 4. The SMILES string of the molecule is COc1ccc(S(=O)(=O)N(CC2CCOC2)C2CC2)cc1F. The Morgan fingerprint density at radius 1 is 1.36 bits per heavy atom. The predicted molar refractivity (Wildman–Crippen MR) is 78.8 cm³/mol. The molecule has 2 aliphatic rings. The van der Waals surface area contributed by atoms with Gasteiger partial charge < -0.3 is 9.47 Å². The van der Waals surface area contributed by atoms with Crippen molar-refractivity contribution in [2.45, 2.75) is 30.2 Å². The fourth-order valence-electron chi connectivity index (χ4n) is 2.73. The van der Waals surface area contributed by atoms with E-state index < -0.39 is 15.8 Å². The second-order valence-corrected chi connectivity index (χ2v) is 7.72. The zero-order valence-electron chi connectivity index (χ0n) is 12.5. The van der Waals surface area contributed by atoms with Crippen LogP contribution < -0.4 is 4.74 Å². The first kappa shape index (κ1) is 15.7. The van der Waals surface area contributed by atoms with E-state index in [0.717, 1.165) is 25.3 Å². The van der Waals surface area contributed by atoms with Gasteiger partial charge in [-0.05, 0) is 43.4 Å². The van der Waals surface area contributed by atoms with Gasteiger partial charge in [-0.3, -0.25) is 0 Å². The number of halogens is 1. The Morgan fingerprint density at radius 3 is 2.68 bits per heavy atom. The molecule has 1 saturated carbocycles. The van der Waals surface area contributed by atoms with Crippen molar-refractivity contribution < 1.29 is 22.3 Å². The minimum Gasteiger partial charge on any atom is -0.494 e. The number of methoxy groups -OCH3 is 1. The minimum atomic E-state index is -3.69. The molecule has 0 aromatic heterocycles. The van der Waals surface area contributed by atoms with E-state index in [9.17, 15) is 12.8 Å². The second kappa shape index (κ2) is 6.14. The predicted octanol–water partition coefficient (Wildman–Crippen LogP) is 2.02. The van der Waals surface area contributed by atoms with Crippen molar-refractivity contribution in [1.29, 1.82) is 0 Å². The number of sulfonamides is 1. The van der Waals surface area contributed by atoms with Crippen LogP contribution in [0.4, 0.5) is 4.39 Å². The molecule has 1 aromatic carbocycles. The summed E-state index contributed by atoms with van der Waals surface area (Å²) in [7, 11) is -2.34. The van der Waals surface area contributed by atoms with Crippen LogP contribution in [0, 0.1) is 11.7 Å². The van der Waals surface area contributed by atoms with Gasteiger partial charge >= 0.3 is 0 Å². The van der Waals surface area contributed by atoms with Crippen molar-refractivity contribution >= 4 is 10.0 Å². The van der Waals surface area contributed by atoms with Crippen molar-refractivity contribution in [1.82, 2.24) is 4.31 Å². The summed E-state index contributed by atoms with van der Waals surface area (Å²) in [6, 6.07) is 3.83. The molecule has 5 nitrogen and oxygen atoms in total. The summed E-state index contributed by atoms with van der Waals surface area (Å²) in [5, 5.41) is 0. The fraction of sp³-hybridized carbons (Fsp3) is 0.600. The van der Waals surface area contributed by atoms with Crippen LogP contribution in [-0.2, 0) is 14.8 Å². The van der Waals surface area contributed by atoms with Crippen LogP contribution >= 0.6 is 0 Å². The highest BCUT2D eigenvalue weighted by atomic mass is 32.2. The highest BCUT2D eigenvalue weighted by molar-refractivity contribution is 7.89. The van der Waals surface area contributed by atoms with Gasteiger partial charge in [0.05, 0.1) is 18.6 Å². The number of nitrogens with zero attached hydrogens (tertiary/aromatic N) is 1. The molecule has 1 heterocycles. The molecule has 1 aliphatic heterocycles. The molecular weight excluding hydrogens is 309 g/mol. The molecule has 0 amide bonds. The maximum Gasteiger partial charge on any atom is 0.243 e. The van der Waals surface area contributed by atoms with Crippen molar-refractivity contribution in [3.63, 3.8) is 0 Å². The van der Waals surface area contributed by atoms with Crippen LogP contribution in [0.15, 0.2) is 23.1 Å². The lowest BCUT2D eigenvalue weighted by Crippen LogP contribution is -2.37. The molecule has 7 heteroatoms. The normalized spacial score (nSPS) is 22.2. The van der Waals surface area contributed by atoms with Crippen LogP contribution in [-0.4, -0.2) is 45.6 Å². The monoisotopic (exact) mass is 329 g/mol. The Kier molecular flexibility index (Phi) is 4.38. The van der Waals surface area contributed by atoms with Crippen molar-refractivity contribution in [2.75, 3.05) is 26.9 Å². The fourth-order valence-corrected chi connectivity index (χ4v) is 4.50. The van der Waals surface area contributed by atoms with E-state index >= 15 is 0 Å². The first-order valence-electron chi connectivity index (χ1n) is 7.45. The minimum absolute atomic E-state index is 0.0170. The summed E-state index contributed by atoms with van der Waals surface area (Å²) in [5.74, 6) is -0.400. The van der Waals surface area contributed by atoms with E-state index in [2.05, 4.69) is 0 Å². The highest BCUT2D eigenvalue weighted by Crippen LogP contribution is 2.34. The molecule has 122 valence electrons. The summed E-state index contributed by atoms with van der Waals surface area (Å²) < 4.78 is 51.2. The first-order valence-corrected chi connectivity index (χ1v) is 8.89. The lowest BCUT2D eigenvalue weighted by Gasteiger charge is -2.24. The van der Waals surface area contributed by atoms with Crippen molar-refractivity contribution in [3.8, 4) is 5.75 Å². The molecule has 0 bridgehead atoms. The van der Waals surface area contributed by atoms with Gasteiger partial charge in [0, 0.05) is 19.2 Å². The number of rotatable bonds is 6. The molecule has 22 heavy (non-hydrogen) atoms. The van der Waals surface area contributed by atoms with Crippen LogP contribution in [0.5, 0.6) is 5.75 Å². The van der Waals surface area contributed by atoms with E-state index in [-0.39, 0.29) is 22.6 Å². The van der Waals surface area contributed by atoms with Gasteiger partial charge in [0.25, 0.3) is 0 Å². The molecule has 1 unspecified atom stereocenters. The third-order valence-corrected chi connectivity index (χ3v) is 6.06. The molecule has 0 spiro atoms. The first-order chi connectivity index (χ1) is 10.5. The average Bonchev–Trinajstić information content (AvgIpc) is 3.20. The molecule has 1 aliphatic carbocycles. The Labute approximate surface area is 130 Å². The quantitative estimate of drug-likeness (QED) is 0.801. The molecule has 1 aromatic rings. The summed E-state index contributed by atoms with van der Waals surface area (Å²) in [6.07, 6.45) is 2.60. The zero-order chi connectivity index (χ0) is 15.7. The highest BCUT2D eigenvalue weighted by Gasteiger charge is 2.40. The number of hydrogen-bond donors (Lipinski definition) is 0.